The SMILES string of the molecule is COc1ccc([C@H](C(=O)NC2CCCCC2)N(C(=O)c2ccccn2)c2cccc(Cl)c2)cc1. The number of rotatable bonds is 7. The molecule has 7 heteroatoms. The fourth-order valence-corrected chi connectivity index (χ4v) is 4.54. The Morgan fingerprint density at radius 3 is 2.44 bits per heavy atom. The number of pyridine rings is 1. The molecule has 0 unspecified atom stereocenters. The molecule has 34 heavy (non-hydrogen) atoms. The Morgan fingerprint density at radius 2 is 1.79 bits per heavy atom. The molecule has 1 N–H and O–H groups in total. The van der Waals surface area contributed by atoms with Crippen LogP contribution in [0.15, 0.2) is 72.9 Å². The minimum Gasteiger partial charge on any atom is -0.497 e. The van der Waals surface area contributed by atoms with Gasteiger partial charge in [-0.25, -0.2) is 0 Å². The van der Waals surface area contributed by atoms with Gasteiger partial charge in [-0.3, -0.25) is 19.5 Å². The molecule has 1 fully saturated rings. The van der Waals surface area contributed by atoms with E-state index < -0.39 is 6.04 Å². The van der Waals surface area contributed by atoms with Crippen molar-refractivity contribution in [2.75, 3.05) is 12.0 Å². The van der Waals surface area contributed by atoms with Gasteiger partial charge in [-0.05, 0) is 60.9 Å². The lowest BCUT2D eigenvalue weighted by Crippen LogP contribution is -2.47. The molecule has 0 aliphatic heterocycles. The van der Waals surface area contributed by atoms with Crippen LogP contribution in [0.3, 0.4) is 0 Å². The number of carbonyl (C=O) groups excluding carboxylic acids is 2. The maximum atomic E-state index is 13.8. The van der Waals surface area contributed by atoms with Crippen molar-refractivity contribution >= 4 is 29.1 Å². The smallest absolute Gasteiger partial charge is 0.277 e. The summed E-state index contributed by atoms with van der Waals surface area (Å²) in [4.78, 5) is 33.3. The summed E-state index contributed by atoms with van der Waals surface area (Å²) in [5.41, 5.74) is 1.42. The van der Waals surface area contributed by atoms with Crippen LogP contribution in [0.25, 0.3) is 0 Å². The first kappa shape index (κ1) is 23.8. The lowest BCUT2D eigenvalue weighted by Gasteiger charge is -2.33. The molecule has 1 aliphatic carbocycles. The predicted molar refractivity (Wildman–Crippen MR) is 133 cm³/mol. The third-order valence-corrected chi connectivity index (χ3v) is 6.31. The Hall–Kier alpha value is -3.38. The maximum Gasteiger partial charge on any atom is 0.277 e. The van der Waals surface area contributed by atoms with Gasteiger partial charge in [0.25, 0.3) is 5.91 Å². The topological polar surface area (TPSA) is 71.5 Å². The van der Waals surface area contributed by atoms with Crippen LogP contribution in [0, 0.1) is 0 Å². The number of nitrogens with zero attached hydrogens (tertiary/aromatic N) is 2. The van der Waals surface area contributed by atoms with Crippen molar-refractivity contribution < 1.29 is 14.3 Å². The van der Waals surface area contributed by atoms with Crippen molar-refractivity contribution in [2.24, 2.45) is 0 Å². The highest BCUT2D eigenvalue weighted by atomic mass is 35.5. The zero-order chi connectivity index (χ0) is 23.9. The van der Waals surface area contributed by atoms with E-state index in [9.17, 15) is 9.59 Å². The predicted octanol–water partition coefficient (Wildman–Crippen LogP) is 5.58. The second-order valence-electron chi connectivity index (χ2n) is 8.39. The number of anilines is 1. The molecule has 0 saturated heterocycles. The standard InChI is InChI=1S/C27H28ClN3O3/c1-34-23-15-13-19(14-16-23)25(26(32)30-21-9-3-2-4-10-21)31(22-11-7-8-20(28)18-22)27(33)24-12-5-6-17-29-24/h5-8,11-18,21,25H,2-4,9-10H2,1H3,(H,30,32)/t25-/m1/s1. The zero-order valence-electron chi connectivity index (χ0n) is 19.1. The first-order valence-electron chi connectivity index (χ1n) is 11.5. The maximum absolute atomic E-state index is 13.8. The van der Waals surface area contributed by atoms with Gasteiger partial charge in [0.1, 0.15) is 17.5 Å². The fourth-order valence-electron chi connectivity index (χ4n) is 4.35. The second-order valence-corrected chi connectivity index (χ2v) is 8.83. The average Bonchev–Trinajstić information content (AvgIpc) is 2.88. The van der Waals surface area contributed by atoms with E-state index >= 15 is 0 Å². The average molecular weight is 478 g/mol. The first-order chi connectivity index (χ1) is 16.6. The number of aromatic nitrogens is 1. The number of hydrogen-bond donors (Lipinski definition) is 1. The van der Waals surface area contributed by atoms with Crippen molar-refractivity contribution in [1.82, 2.24) is 10.3 Å². The summed E-state index contributed by atoms with van der Waals surface area (Å²) in [6, 6.07) is 18.5. The van der Waals surface area contributed by atoms with Crippen LogP contribution in [-0.2, 0) is 4.79 Å². The minimum atomic E-state index is -0.916. The van der Waals surface area contributed by atoms with Gasteiger partial charge in [0.05, 0.1) is 7.11 Å². The van der Waals surface area contributed by atoms with Crippen molar-refractivity contribution in [3.05, 3.63) is 89.2 Å². The number of nitrogens with one attached hydrogen (secondary N) is 1. The molecule has 6 nitrogen and oxygen atoms in total. The zero-order valence-corrected chi connectivity index (χ0v) is 19.9. The van der Waals surface area contributed by atoms with Gasteiger partial charge in [0.15, 0.2) is 0 Å². The monoisotopic (exact) mass is 477 g/mol. The van der Waals surface area contributed by atoms with Gasteiger partial charge < -0.3 is 10.1 Å². The molecule has 1 aliphatic rings. The molecule has 0 bridgehead atoms. The molecule has 3 aromatic rings. The minimum absolute atomic E-state index is 0.0909. The lowest BCUT2D eigenvalue weighted by atomic mass is 9.94. The molecule has 1 saturated carbocycles. The molecular formula is C27H28ClN3O3. The largest absolute Gasteiger partial charge is 0.497 e. The molecule has 4 rings (SSSR count). The van der Waals surface area contributed by atoms with Crippen molar-refractivity contribution in [3.8, 4) is 5.75 Å². The van der Waals surface area contributed by atoms with Crippen LogP contribution in [0.4, 0.5) is 5.69 Å². The van der Waals surface area contributed by atoms with Crippen LogP contribution < -0.4 is 15.0 Å². The summed E-state index contributed by atoms with van der Waals surface area (Å²) < 4.78 is 5.30. The summed E-state index contributed by atoms with van der Waals surface area (Å²) in [6.45, 7) is 0. The molecule has 2 amide bonds. The van der Waals surface area contributed by atoms with E-state index in [-0.39, 0.29) is 23.6 Å². The number of carbonyl (C=O) groups is 2. The first-order valence-corrected chi connectivity index (χ1v) is 11.9. The fraction of sp³-hybridized carbons (Fsp3) is 0.296. The van der Waals surface area contributed by atoms with Gasteiger partial charge in [-0.2, -0.15) is 0 Å². The lowest BCUT2D eigenvalue weighted by molar-refractivity contribution is -0.123. The van der Waals surface area contributed by atoms with Crippen LogP contribution in [0.2, 0.25) is 5.02 Å². The number of ether oxygens (including phenoxy) is 1. The molecule has 1 atom stereocenters. The molecular weight excluding hydrogens is 450 g/mol. The van der Waals surface area contributed by atoms with E-state index in [4.69, 9.17) is 16.3 Å². The normalized spacial score (nSPS) is 14.8. The number of hydrogen-bond acceptors (Lipinski definition) is 4. The molecule has 176 valence electrons. The Balaban J connectivity index is 1.80. The van der Waals surface area contributed by atoms with E-state index in [0.29, 0.717) is 22.0 Å². The highest BCUT2D eigenvalue weighted by molar-refractivity contribution is 6.31. The summed E-state index contributed by atoms with van der Waals surface area (Å²) in [5.74, 6) is 0.0457. The van der Waals surface area contributed by atoms with Gasteiger partial charge in [0, 0.05) is 22.9 Å². The highest BCUT2D eigenvalue weighted by Crippen LogP contribution is 2.32. The van der Waals surface area contributed by atoms with Crippen molar-refractivity contribution in [1.29, 1.82) is 0 Å². The summed E-state index contributed by atoms with van der Waals surface area (Å²) in [5, 5.41) is 3.67. The van der Waals surface area contributed by atoms with E-state index in [0.717, 1.165) is 25.7 Å². The van der Waals surface area contributed by atoms with E-state index in [1.807, 2.05) is 12.1 Å². The van der Waals surface area contributed by atoms with E-state index in [1.165, 1.54) is 11.3 Å². The van der Waals surface area contributed by atoms with Crippen LogP contribution in [0.1, 0.15) is 54.2 Å². The quantitative estimate of drug-likeness (QED) is 0.482. The molecule has 1 aromatic heterocycles. The van der Waals surface area contributed by atoms with Gasteiger partial charge in [0.2, 0.25) is 5.91 Å². The third kappa shape index (κ3) is 5.57. The Kier molecular flexibility index (Phi) is 7.80. The number of amides is 2. The molecule has 2 aromatic carbocycles. The van der Waals surface area contributed by atoms with Crippen LogP contribution in [0.5, 0.6) is 5.75 Å². The summed E-state index contributed by atoms with van der Waals surface area (Å²) in [6.07, 6.45) is 6.79. The van der Waals surface area contributed by atoms with Gasteiger partial charge in [-0.15, -0.1) is 0 Å². The highest BCUT2D eigenvalue weighted by Gasteiger charge is 2.35. The van der Waals surface area contributed by atoms with E-state index in [1.54, 1.807) is 67.9 Å². The van der Waals surface area contributed by atoms with Gasteiger partial charge >= 0.3 is 0 Å². The number of methoxy groups -OCH3 is 1. The van der Waals surface area contributed by atoms with Gasteiger partial charge in [-0.1, -0.05) is 55.1 Å². The molecule has 0 spiro atoms. The molecule has 1 heterocycles. The summed E-state index contributed by atoms with van der Waals surface area (Å²) in [7, 11) is 1.59. The van der Waals surface area contributed by atoms with Crippen molar-refractivity contribution in [2.45, 2.75) is 44.2 Å². The van der Waals surface area contributed by atoms with E-state index in [2.05, 4.69) is 10.3 Å². The van der Waals surface area contributed by atoms with Crippen LogP contribution in [-0.4, -0.2) is 29.9 Å². The van der Waals surface area contributed by atoms with Crippen LogP contribution >= 0.6 is 11.6 Å². The molecule has 0 radical (unpaired) electrons. The number of halogens is 1. The second kappa shape index (κ2) is 11.2. The Labute approximate surface area is 204 Å². The Morgan fingerprint density at radius 1 is 1.03 bits per heavy atom. The van der Waals surface area contributed by atoms with Crippen molar-refractivity contribution in [3.63, 3.8) is 0 Å². The Bertz CT molecular complexity index is 1120. The third-order valence-electron chi connectivity index (χ3n) is 6.08. The number of benzene rings is 2. The summed E-state index contributed by atoms with van der Waals surface area (Å²) >= 11 is 6.29.